The van der Waals surface area contributed by atoms with Gasteiger partial charge in [-0.25, -0.2) is 0 Å². The summed E-state index contributed by atoms with van der Waals surface area (Å²) in [5, 5.41) is 7.22. The number of aromatic nitrogens is 2. The topological polar surface area (TPSA) is 116 Å². The van der Waals surface area contributed by atoms with Gasteiger partial charge in [0.15, 0.2) is 11.7 Å². The van der Waals surface area contributed by atoms with Crippen LogP contribution in [-0.4, -0.2) is 96.7 Å². The highest BCUT2D eigenvalue weighted by Gasteiger charge is 2.36. The number of benzene rings is 1. The molecule has 3 aromatic rings. The molecule has 3 aliphatic heterocycles. The van der Waals surface area contributed by atoms with Crippen molar-refractivity contribution in [3.05, 3.63) is 45.7 Å². The van der Waals surface area contributed by atoms with E-state index in [1.54, 1.807) is 18.5 Å². The molecule has 0 spiro atoms. The number of morpholine rings is 1. The number of oxazole rings is 1. The maximum absolute atomic E-state index is 13.7. The molecule has 2 amide bonds. The largest absolute Gasteiger partial charge is 0.421 e. The van der Waals surface area contributed by atoms with Crippen LogP contribution in [0.15, 0.2) is 28.9 Å². The van der Waals surface area contributed by atoms with Crippen LogP contribution in [0.2, 0.25) is 10.0 Å². The Morgan fingerprint density at radius 2 is 2.10 bits per heavy atom. The Bertz CT molecular complexity index is 1430. The van der Waals surface area contributed by atoms with Crippen molar-refractivity contribution in [1.82, 2.24) is 25.1 Å². The van der Waals surface area contributed by atoms with Gasteiger partial charge in [0.2, 0.25) is 5.91 Å². The number of nitrogens with zero attached hydrogens (tertiary/aromatic N) is 5. The standard InChI is InChI=1S/C27H31Cl2N7O4/c1-16-24-17(10-18(28)11-19(24)29)2-5-36(16)26(38)22-14-35(8-9-39-22)21-13-30-12-20-25(21)40-27(33-20)32-4-7-34-6-3-31-23(37)15-34/h10-13,16,22H,2-9,14-15H2,1H3,(H,31,37)(H,32,33)/t16-,22+/m0/s1. The van der Waals surface area contributed by atoms with E-state index >= 15 is 0 Å². The molecule has 2 atom stereocenters. The van der Waals surface area contributed by atoms with E-state index < -0.39 is 6.10 Å². The molecule has 2 aromatic heterocycles. The molecule has 13 heteroatoms. The summed E-state index contributed by atoms with van der Waals surface area (Å²) in [5.41, 5.74) is 4.02. The fourth-order valence-electron chi connectivity index (χ4n) is 5.75. The molecule has 2 saturated heterocycles. The monoisotopic (exact) mass is 587 g/mol. The number of anilines is 2. The Hall–Kier alpha value is -3.12. The Morgan fingerprint density at radius 3 is 2.95 bits per heavy atom. The molecule has 0 aliphatic carbocycles. The first-order valence-electron chi connectivity index (χ1n) is 13.5. The number of nitrogens with one attached hydrogen (secondary N) is 2. The first kappa shape index (κ1) is 27.1. The number of carbonyl (C=O) groups excluding carboxylic acids is 2. The lowest BCUT2D eigenvalue weighted by Crippen LogP contribution is -2.53. The second-order valence-electron chi connectivity index (χ2n) is 10.3. The fourth-order valence-corrected chi connectivity index (χ4v) is 6.44. The number of rotatable bonds is 6. The van der Waals surface area contributed by atoms with E-state index in [0.717, 1.165) is 23.4 Å². The van der Waals surface area contributed by atoms with Gasteiger partial charge < -0.3 is 29.6 Å². The van der Waals surface area contributed by atoms with Crippen molar-refractivity contribution >= 4 is 57.8 Å². The number of halogens is 2. The fraction of sp³-hybridized carbons (Fsp3) is 0.481. The minimum absolute atomic E-state index is 0.0411. The van der Waals surface area contributed by atoms with Gasteiger partial charge in [-0.3, -0.25) is 19.5 Å². The zero-order valence-electron chi connectivity index (χ0n) is 22.2. The van der Waals surface area contributed by atoms with Crippen molar-refractivity contribution in [1.29, 1.82) is 0 Å². The zero-order valence-corrected chi connectivity index (χ0v) is 23.7. The van der Waals surface area contributed by atoms with Crippen LogP contribution in [0.5, 0.6) is 0 Å². The number of amides is 2. The molecular formula is C27H31Cl2N7O4. The predicted molar refractivity (Wildman–Crippen MR) is 152 cm³/mol. The third kappa shape index (κ3) is 5.43. The maximum atomic E-state index is 13.7. The second-order valence-corrected chi connectivity index (χ2v) is 11.1. The normalized spacial score (nSPS) is 21.8. The van der Waals surface area contributed by atoms with Crippen molar-refractivity contribution in [2.75, 3.05) is 69.2 Å². The minimum atomic E-state index is -0.638. The summed E-state index contributed by atoms with van der Waals surface area (Å²) < 4.78 is 12.1. The van der Waals surface area contributed by atoms with E-state index in [-0.39, 0.29) is 17.9 Å². The van der Waals surface area contributed by atoms with E-state index in [1.807, 2.05) is 17.9 Å². The van der Waals surface area contributed by atoms with Crippen molar-refractivity contribution in [3.63, 3.8) is 0 Å². The SMILES string of the molecule is C[C@H]1c2c(Cl)cc(Cl)cc2CCN1C(=O)[C@H]1CN(c2cncc3nc(NCCN4CCNC(=O)C4)oc23)CCO1. The quantitative estimate of drug-likeness (QED) is 0.449. The average Bonchev–Trinajstić information content (AvgIpc) is 3.36. The Labute approximate surface area is 241 Å². The predicted octanol–water partition coefficient (Wildman–Crippen LogP) is 2.72. The lowest BCUT2D eigenvalue weighted by molar-refractivity contribution is -0.147. The average molecular weight is 588 g/mol. The van der Waals surface area contributed by atoms with Crippen LogP contribution in [0.25, 0.3) is 11.1 Å². The number of carbonyl (C=O) groups is 2. The molecule has 2 N–H and O–H groups in total. The van der Waals surface area contributed by atoms with E-state index in [0.29, 0.717) is 86.0 Å². The van der Waals surface area contributed by atoms with Crippen LogP contribution < -0.4 is 15.5 Å². The van der Waals surface area contributed by atoms with E-state index in [2.05, 4.69) is 30.4 Å². The molecule has 11 nitrogen and oxygen atoms in total. The molecule has 40 heavy (non-hydrogen) atoms. The van der Waals surface area contributed by atoms with Gasteiger partial charge in [-0.05, 0) is 36.6 Å². The molecule has 3 aliphatic rings. The highest BCUT2D eigenvalue weighted by atomic mass is 35.5. The van der Waals surface area contributed by atoms with Crippen molar-refractivity contribution in [2.45, 2.75) is 25.5 Å². The molecule has 212 valence electrons. The summed E-state index contributed by atoms with van der Waals surface area (Å²) in [5.74, 6) is -0.0280. The molecule has 2 fully saturated rings. The number of hydrogen-bond donors (Lipinski definition) is 2. The smallest absolute Gasteiger partial charge is 0.295 e. The second kappa shape index (κ2) is 11.4. The van der Waals surface area contributed by atoms with Gasteiger partial charge in [0.25, 0.3) is 11.9 Å². The lowest BCUT2D eigenvalue weighted by Gasteiger charge is -2.40. The summed E-state index contributed by atoms with van der Waals surface area (Å²) in [6.45, 7) is 7.06. The number of piperazine rings is 1. The maximum Gasteiger partial charge on any atom is 0.295 e. The minimum Gasteiger partial charge on any atom is -0.421 e. The Balaban J connectivity index is 1.13. The zero-order chi connectivity index (χ0) is 27.8. The van der Waals surface area contributed by atoms with Gasteiger partial charge in [0, 0.05) is 49.3 Å². The number of hydrogen-bond acceptors (Lipinski definition) is 9. The first-order valence-corrected chi connectivity index (χ1v) is 14.3. The summed E-state index contributed by atoms with van der Waals surface area (Å²) in [4.78, 5) is 40.2. The molecule has 5 heterocycles. The van der Waals surface area contributed by atoms with Crippen molar-refractivity contribution in [3.8, 4) is 0 Å². The lowest BCUT2D eigenvalue weighted by atomic mass is 9.93. The van der Waals surface area contributed by atoms with Gasteiger partial charge in [-0.15, -0.1) is 0 Å². The van der Waals surface area contributed by atoms with Crippen LogP contribution >= 0.6 is 23.2 Å². The molecule has 0 unspecified atom stereocenters. The van der Waals surface area contributed by atoms with Crippen LogP contribution in [0, 0.1) is 0 Å². The van der Waals surface area contributed by atoms with Crippen LogP contribution in [0.1, 0.15) is 24.1 Å². The Kier molecular flexibility index (Phi) is 7.71. The molecule has 0 saturated carbocycles. The van der Waals surface area contributed by atoms with Gasteiger partial charge in [0.1, 0.15) is 11.2 Å². The van der Waals surface area contributed by atoms with Crippen molar-refractivity contribution < 1.29 is 18.7 Å². The summed E-state index contributed by atoms with van der Waals surface area (Å²) in [7, 11) is 0. The molecule has 1 aromatic carbocycles. The van der Waals surface area contributed by atoms with Gasteiger partial charge in [-0.2, -0.15) is 4.98 Å². The van der Waals surface area contributed by atoms with Gasteiger partial charge >= 0.3 is 0 Å². The summed E-state index contributed by atoms with van der Waals surface area (Å²) in [6, 6.07) is 3.86. The summed E-state index contributed by atoms with van der Waals surface area (Å²) >= 11 is 12.7. The van der Waals surface area contributed by atoms with E-state index in [4.69, 9.17) is 32.4 Å². The van der Waals surface area contributed by atoms with Crippen LogP contribution in [0.4, 0.5) is 11.7 Å². The number of pyridine rings is 1. The van der Waals surface area contributed by atoms with Crippen LogP contribution in [0.3, 0.4) is 0 Å². The van der Waals surface area contributed by atoms with Gasteiger partial charge in [-0.1, -0.05) is 23.2 Å². The highest BCUT2D eigenvalue weighted by molar-refractivity contribution is 6.35. The Morgan fingerprint density at radius 1 is 1.23 bits per heavy atom. The molecule has 0 radical (unpaired) electrons. The highest BCUT2D eigenvalue weighted by Crippen LogP contribution is 2.38. The van der Waals surface area contributed by atoms with Crippen LogP contribution in [-0.2, 0) is 20.7 Å². The number of ether oxygens (including phenoxy) is 1. The van der Waals surface area contributed by atoms with Crippen molar-refractivity contribution in [2.24, 2.45) is 0 Å². The molecular weight excluding hydrogens is 557 g/mol. The van der Waals surface area contributed by atoms with E-state index in [9.17, 15) is 9.59 Å². The molecule has 0 bridgehead atoms. The third-order valence-electron chi connectivity index (χ3n) is 7.75. The molecule has 6 rings (SSSR count). The van der Waals surface area contributed by atoms with E-state index in [1.165, 1.54) is 0 Å². The first-order chi connectivity index (χ1) is 19.4. The summed E-state index contributed by atoms with van der Waals surface area (Å²) in [6.07, 6.45) is 3.44. The third-order valence-corrected chi connectivity index (χ3v) is 8.29. The van der Waals surface area contributed by atoms with Gasteiger partial charge in [0.05, 0.1) is 38.1 Å². The number of fused-ring (bicyclic) bond motifs is 2.